The maximum absolute atomic E-state index is 12.6. The van der Waals surface area contributed by atoms with Crippen LogP contribution in [0.1, 0.15) is 26.7 Å². The first-order chi connectivity index (χ1) is 9.27. The van der Waals surface area contributed by atoms with E-state index in [4.69, 9.17) is 11.5 Å². The number of nitrogens with two attached hydrogens (primary N) is 2. The van der Waals surface area contributed by atoms with Gasteiger partial charge in [0, 0.05) is 11.7 Å². The number of hydrogen-bond donors (Lipinski definition) is 4. The fourth-order valence-corrected chi connectivity index (χ4v) is 2.62. The van der Waals surface area contributed by atoms with Crippen LogP contribution in [-0.4, -0.2) is 41.5 Å². The van der Waals surface area contributed by atoms with Crippen LogP contribution in [0.3, 0.4) is 0 Å². The summed E-state index contributed by atoms with van der Waals surface area (Å²) in [5.41, 5.74) is 8.55. The Morgan fingerprint density at radius 2 is 1.80 bits per heavy atom. The highest BCUT2D eigenvalue weighted by atomic mass is 32.1. The highest BCUT2D eigenvalue weighted by Crippen LogP contribution is 2.31. The molecule has 0 rings (SSSR count). The van der Waals surface area contributed by atoms with Gasteiger partial charge in [0.1, 0.15) is 0 Å². The van der Waals surface area contributed by atoms with Gasteiger partial charge in [-0.1, -0.05) is 13.8 Å². The molecule has 0 amide bonds. The van der Waals surface area contributed by atoms with Crippen molar-refractivity contribution in [2.75, 3.05) is 18.8 Å². The molecule has 0 heterocycles. The number of thiol groups is 1. The topological polar surface area (TPSA) is 123 Å². The zero-order valence-electron chi connectivity index (χ0n) is 12.0. The molecule has 0 aromatic heterocycles. The van der Waals surface area contributed by atoms with Gasteiger partial charge in [-0.3, -0.25) is 14.4 Å². The van der Waals surface area contributed by atoms with E-state index in [1.54, 1.807) is 0 Å². The van der Waals surface area contributed by atoms with Gasteiger partial charge in [-0.05, 0) is 25.3 Å². The summed E-state index contributed by atoms with van der Waals surface area (Å²) >= 11 is 4.11. The van der Waals surface area contributed by atoms with E-state index in [2.05, 4.69) is 12.6 Å². The van der Waals surface area contributed by atoms with Gasteiger partial charge < -0.3 is 16.6 Å². The number of carboxylic acid groups (broad SMARTS) is 1. The zero-order chi connectivity index (χ0) is 15.9. The van der Waals surface area contributed by atoms with Gasteiger partial charge in [-0.15, -0.1) is 0 Å². The first-order valence-electron chi connectivity index (χ1n) is 6.59. The molecular formula is C13H24N2O4S. The summed E-state index contributed by atoms with van der Waals surface area (Å²) in [6.07, 6.45) is 0.235. The second-order valence-electron chi connectivity index (χ2n) is 5.25. The van der Waals surface area contributed by atoms with Crippen LogP contribution in [0.25, 0.3) is 0 Å². The normalized spacial score (nSPS) is 15.7. The average molecular weight is 304 g/mol. The second kappa shape index (κ2) is 8.39. The van der Waals surface area contributed by atoms with Crippen LogP contribution in [-0.2, 0) is 14.4 Å². The molecule has 0 aliphatic carbocycles. The van der Waals surface area contributed by atoms with Crippen molar-refractivity contribution in [3.63, 3.8) is 0 Å². The molecule has 0 bridgehead atoms. The Balaban J connectivity index is 5.65. The van der Waals surface area contributed by atoms with Crippen molar-refractivity contribution in [3.05, 3.63) is 0 Å². The Kier molecular flexibility index (Phi) is 8.00. The van der Waals surface area contributed by atoms with E-state index < -0.39 is 35.4 Å². The fourth-order valence-electron chi connectivity index (χ4n) is 2.30. The molecular weight excluding hydrogens is 280 g/mol. The summed E-state index contributed by atoms with van der Waals surface area (Å²) in [5, 5.41) is 9.43. The average Bonchev–Trinajstić information content (AvgIpc) is 2.39. The molecule has 0 aliphatic rings. The molecule has 20 heavy (non-hydrogen) atoms. The van der Waals surface area contributed by atoms with Crippen molar-refractivity contribution in [1.29, 1.82) is 0 Å². The van der Waals surface area contributed by atoms with E-state index in [1.165, 1.54) is 0 Å². The summed E-state index contributed by atoms with van der Waals surface area (Å²) in [6, 6.07) is 0. The van der Waals surface area contributed by atoms with Gasteiger partial charge >= 0.3 is 5.97 Å². The monoisotopic (exact) mass is 304 g/mol. The van der Waals surface area contributed by atoms with E-state index in [1.807, 2.05) is 13.8 Å². The molecule has 0 fully saturated rings. The third kappa shape index (κ3) is 4.04. The molecule has 2 atom stereocenters. The minimum absolute atomic E-state index is 0.0786. The largest absolute Gasteiger partial charge is 0.480 e. The quantitative estimate of drug-likeness (QED) is 0.335. The lowest BCUT2D eigenvalue weighted by molar-refractivity contribution is -0.161. The molecule has 2 unspecified atom stereocenters. The van der Waals surface area contributed by atoms with Crippen molar-refractivity contribution in [1.82, 2.24) is 0 Å². The molecule has 0 spiro atoms. The molecule has 0 aromatic rings. The molecule has 116 valence electrons. The van der Waals surface area contributed by atoms with Crippen molar-refractivity contribution >= 4 is 30.2 Å². The number of carbonyl (C=O) groups excluding carboxylic acids is 2. The highest BCUT2D eigenvalue weighted by Gasteiger charge is 2.52. The summed E-state index contributed by atoms with van der Waals surface area (Å²) in [7, 11) is 0. The molecule has 0 saturated heterocycles. The fraction of sp³-hybridized carbons (Fsp3) is 0.769. The Bertz CT molecular complexity index is 373. The summed E-state index contributed by atoms with van der Waals surface area (Å²) < 4.78 is 0. The van der Waals surface area contributed by atoms with E-state index >= 15 is 0 Å². The van der Waals surface area contributed by atoms with Gasteiger partial charge in [0.25, 0.3) is 0 Å². The van der Waals surface area contributed by atoms with E-state index in [0.717, 1.165) is 0 Å². The standard InChI is InChI=1S/C13H24N2O4S/c1-8(2)5-9(7-20)11(17)13(3-4-14,12(18)19)10(16)6-15/h8-9,20H,3-7,14-15H2,1-2H3,(H,18,19). The number of aliphatic carboxylic acids is 1. The summed E-state index contributed by atoms with van der Waals surface area (Å²) in [5.74, 6) is -3.12. The predicted molar refractivity (Wildman–Crippen MR) is 79.6 cm³/mol. The number of carboxylic acids is 1. The van der Waals surface area contributed by atoms with E-state index in [-0.39, 0.29) is 24.6 Å². The van der Waals surface area contributed by atoms with Crippen molar-refractivity contribution < 1.29 is 19.5 Å². The maximum atomic E-state index is 12.6. The minimum Gasteiger partial charge on any atom is -0.480 e. The van der Waals surface area contributed by atoms with Crippen LogP contribution >= 0.6 is 12.6 Å². The first-order valence-corrected chi connectivity index (χ1v) is 7.23. The van der Waals surface area contributed by atoms with E-state index in [9.17, 15) is 19.5 Å². The van der Waals surface area contributed by atoms with Crippen LogP contribution in [0.4, 0.5) is 0 Å². The highest BCUT2D eigenvalue weighted by molar-refractivity contribution is 7.80. The number of hydrogen-bond acceptors (Lipinski definition) is 6. The van der Waals surface area contributed by atoms with Crippen LogP contribution in [0, 0.1) is 17.3 Å². The summed E-state index contributed by atoms with van der Waals surface area (Å²) in [6.45, 7) is 3.25. The van der Waals surface area contributed by atoms with Crippen LogP contribution < -0.4 is 11.5 Å². The Morgan fingerprint density at radius 3 is 2.10 bits per heavy atom. The van der Waals surface area contributed by atoms with Crippen LogP contribution in [0.15, 0.2) is 0 Å². The molecule has 5 N–H and O–H groups in total. The smallest absolute Gasteiger partial charge is 0.324 e. The molecule has 7 heteroatoms. The van der Waals surface area contributed by atoms with Gasteiger partial charge in [-0.2, -0.15) is 12.6 Å². The SMILES string of the molecule is CC(C)CC(CS)C(=O)C(CCN)(C(=O)O)C(=O)CN. The Morgan fingerprint density at radius 1 is 1.25 bits per heavy atom. The lowest BCUT2D eigenvalue weighted by Crippen LogP contribution is -2.53. The lowest BCUT2D eigenvalue weighted by atomic mass is 9.71. The van der Waals surface area contributed by atoms with Gasteiger partial charge in [-0.25, -0.2) is 0 Å². The second-order valence-corrected chi connectivity index (χ2v) is 5.61. The third-order valence-corrected chi connectivity index (χ3v) is 3.75. The third-order valence-electron chi connectivity index (χ3n) is 3.31. The maximum Gasteiger partial charge on any atom is 0.324 e. The van der Waals surface area contributed by atoms with Gasteiger partial charge in [0.2, 0.25) is 0 Å². The zero-order valence-corrected chi connectivity index (χ0v) is 12.9. The Hall–Kier alpha value is -0.920. The van der Waals surface area contributed by atoms with Crippen LogP contribution in [0.5, 0.6) is 0 Å². The molecule has 0 radical (unpaired) electrons. The number of Topliss-reactive ketones (excluding diaryl/α,β-unsaturated/α-hetero) is 2. The molecule has 6 nitrogen and oxygen atoms in total. The predicted octanol–water partition coefficient (Wildman–Crippen LogP) is 0.0952. The van der Waals surface area contributed by atoms with E-state index in [0.29, 0.717) is 6.42 Å². The summed E-state index contributed by atoms with van der Waals surface area (Å²) in [4.78, 5) is 36.2. The minimum atomic E-state index is -2.13. The molecule has 0 aromatic carbocycles. The molecule has 0 aliphatic heterocycles. The number of ketones is 2. The lowest BCUT2D eigenvalue weighted by Gasteiger charge is -2.30. The van der Waals surface area contributed by atoms with Gasteiger partial charge in [0.15, 0.2) is 17.0 Å². The van der Waals surface area contributed by atoms with Crippen molar-refractivity contribution in [2.24, 2.45) is 28.7 Å². The van der Waals surface area contributed by atoms with Crippen molar-refractivity contribution in [2.45, 2.75) is 26.7 Å². The molecule has 0 saturated carbocycles. The first kappa shape index (κ1) is 19.1. The van der Waals surface area contributed by atoms with Gasteiger partial charge in [0.05, 0.1) is 6.54 Å². The van der Waals surface area contributed by atoms with Crippen molar-refractivity contribution in [3.8, 4) is 0 Å². The van der Waals surface area contributed by atoms with Crippen LogP contribution in [0.2, 0.25) is 0 Å². The number of carbonyl (C=O) groups is 3. The number of rotatable bonds is 10. The Labute approximate surface area is 124 Å².